The molecular formula is C8H13N3S. The van der Waals surface area contributed by atoms with Crippen LogP contribution in [0.5, 0.6) is 0 Å². The van der Waals surface area contributed by atoms with Crippen molar-refractivity contribution in [2.75, 3.05) is 6.54 Å². The largest absolute Gasteiger partial charge is 0.330 e. The molecule has 2 rings (SSSR count). The number of nitrogens with two attached hydrogens (primary N) is 1. The van der Waals surface area contributed by atoms with Gasteiger partial charge in [0.05, 0.1) is 23.6 Å². The van der Waals surface area contributed by atoms with Crippen LogP contribution in [-0.4, -0.2) is 15.3 Å². The second-order valence-corrected chi connectivity index (χ2v) is 4.19. The Hall–Kier alpha value is -0.480. The van der Waals surface area contributed by atoms with Gasteiger partial charge in [0.1, 0.15) is 0 Å². The summed E-state index contributed by atoms with van der Waals surface area (Å²) in [4.78, 5) is 0. The van der Waals surface area contributed by atoms with Crippen LogP contribution in [0.2, 0.25) is 0 Å². The topological polar surface area (TPSA) is 51.8 Å². The summed E-state index contributed by atoms with van der Waals surface area (Å²) in [6.07, 6.45) is 6.75. The normalized spacial score (nSPS) is 20.4. The Bertz CT molecular complexity index is 235. The lowest BCUT2D eigenvalue weighted by Crippen LogP contribution is -2.39. The lowest BCUT2D eigenvalue weighted by molar-refractivity contribution is 0.143. The molecular weight excluding hydrogens is 170 g/mol. The van der Waals surface area contributed by atoms with Gasteiger partial charge in [-0.25, -0.2) is 0 Å². The zero-order valence-corrected chi connectivity index (χ0v) is 7.81. The van der Waals surface area contributed by atoms with E-state index in [1.54, 1.807) is 0 Å². The fourth-order valence-electron chi connectivity index (χ4n) is 1.78. The van der Waals surface area contributed by atoms with E-state index in [2.05, 4.69) is 8.75 Å². The van der Waals surface area contributed by atoms with Crippen molar-refractivity contribution in [3.63, 3.8) is 0 Å². The molecule has 0 saturated heterocycles. The summed E-state index contributed by atoms with van der Waals surface area (Å²) in [6.45, 7) is 0.796. The van der Waals surface area contributed by atoms with E-state index in [1.165, 1.54) is 31.0 Å². The van der Waals surface area contributed by atoms with Crippen molar-refractivity contribution in [2.45, 2.75) is 25.7 Å². The maximum Gasteiger partial charge on any atom is 0.0749 e. The first-order valence-electron chi connectivity index (χ1n) is 4.31. The molecule has 0 spiro atoms. The van der Waals surface area contributed by atoms with E-state index in [9.17, 15) is 0 Å². The predicted molar refractivity (Wildman–Crippen MR) is 49.0 cm³/mol. The minimum absolute atomic E-state index is 0.371. The third-order valence-corrected chi connectivity index (χ3v) is 3.33. The van der Waals surface area contributed by atoms with Crippen molar-refractivity contribution in [1.82, 2.24) is 8.75 Å². The van der Waals surface area contributed by atoms with Gasteiger partial charge in [-0.15, -0.1) is 0 Å². The summed E-state index contributed by atoms with van der Waals surface area (Å²) in [6, 6.07) is 0. The zero-order valence-electron chi connectivity index (χ0n) is 6.99. The Labute approximate surface area is 76.3 Å². The number of nitrogens with zero attached hydrogens (tertiary/aromatic N) is 2. The lowest BCUT2D eigenvalue weighted by Gasteiger charge is -2.40. The highest BCUT2D eigenvalue weighted by Crippen LogP contribution is 2.42. The highest BCUT2D eigenvalue weighted by molar-refractivity contribution is 6.99. The second kappa shape index (κ2) is 3.11. The number of hydrogen-bond acceptors (Lipinski definition) is 4. The molecule has 2 N–H and O–H groups in total. The van der Waals surface area contributed by atoms with Gasteiger partial charge in [-0.2, -0.15) is 8.75 Å². The smallest absolute Gasteiger partial charge is 0.0749 e. The molecule has 12 heavy (non-hydrogen) atoms. The predicted octanol–water partition coefficient (Wildman–Crippen LogP) is 1.21. The van der Waals surface area contributed by atoms with Gasteiger partial charge in [-0.1, -0.05) is 6.42 Å². The van der Waals surface area contributed by atoms with Gasteiger partial charge < -0.3 is 5.73 Å². The van der Waals surface area contributed by atoms with Crippen molar-refractivity contribution in [1.29, 1.82) is 0 Å². The fourth-order valence-corrected chi connectivity index (χ4v) is 2.21. The molecule has 1 aromatic rings. The van der Waals surface area contributed by atoms with Crippen LogP contribution in [0.4, 0.5) is 0 Å². The summed E-state index contributed by atoms with van der Waals surface area (Å²) in [5.41, 5.74) is 7.23. The van der Waals surface area contributed by atoms with Gasteiger partial charge in [0.15, 0.2) is 0 Å². The molecule has 0 aliphatic heterocycles. The van der Waals surface area contributed by atoms with Crippen molar-refractivity contribution in [3.05, 3.63) is 11.9 Å². The minimum atomic E-state index is 0.371. The SMILES string of the molecule is NCC1(Cc2cnsn2)CCC1. The van der Waals surface area contributed by atoms with Crippen LogP contribution in [0.1, 0.15) is 25.0 Å². The Balaban J connectivity index is 2.01. The maximum atomic E-state index is 5.74. The van der Waals surface area contributed by atoms with Gasteiger partial charge in [-0.3, -0.25) is 0 Å². The van der Waals surface area contributed by atoms with E-state index in [1.807, 2.05) is 6.20 Å². The van der Waals surface area contributed by atoms with Gasteiger partial charge in [0.2, 0.25) is 0 Å². The average Bonchev–Trinajstić information content (AvgIpc) is 2.49. The summed E-state index contributed by atoms with van der Waals surface area (Å²) in [5, 5.41) is 0. The molecule has 0 unspecified atom stereocenters. The molecule has 1 aliphatic carbocycles. The molecule has 0 radical (unpaired) electrons. The van der Waals surface area contributed by atoms with E-state index in [4.69, 9.17) is 5.73 Å². The van der Waals surface area contributed by atoms with Crippen LogP contribution in [-0.2, 0) is 6.42 Å². The van der Waals surface area contributed by atoms with Crippen LogP contribution < -0.4 is 5.73 Å². The fraction of sp³-hybridized carbons (Fsp3) is 0.750. The molecule has 0 atom stereocenters. The third-order valence-electron chi connectivity index (χ3n) is 2.81. The van der Waals surface area contributed by atoms with Gasteiger partial charge in [0, 0.05) is 0 Å². The Morgan fingerprint density at radius 3 is 2.83 bits per heavy atom. The van der Waals surface area contributed by atoms with Crippen LogP contribution in [0.3, 0.4) is 0 Å². The van der Waals surface area contributed by atoms with Crippen LogP contribution >= 0.6 is 11.7 Å². The van der Waals surface area contributed by atoms with Crippen LogP contribution in [0, 0.1) is 5.41 Å². The van der Waals surface area contributed by atoms with E-state index in [0.29, 0.717) is 5.41 Å². The van der Waals surface area contributed by atoms with E-state index < -0.39 is 0 Å². The quantitative estimate of drug-likeness (QED) is 0.766. The Morgan fingerprint density at radius 1 is 1.58 bits per heavy atom. The molecule has 3 nitrogen and oxygen atoms in total. The van der Waals surface area contributed by atoms with E-state index in [0.717, 1.165) is 18.7 Å². The molecule has 1 fully saturated rings. The summed E-state index contributed by atoms with van der Waals surface area (Å²) >= 11 is 1.28. The molecule has 1 saturated carbocycles. The number of aromatic nitrogens is 2. The first kappa shape index (κ1) is 8.13. The summed E-state index contributed by atoms with van der Waals surface area (Å²) in [5.74, 6) is 0. The Morgan fingerprint density at radius 2 is 2.42 bits per heavy atom. The highest BCUT2D eigenvalue weighted by atomic mass is 32.1. The first-order chi connectivity index (χ1) is 5.85. The van der Waals surface area contributed by atoms with Crippen LogP contribution in [0.15, 0.2) is 6.20 Å². The number of hydrogen-bond donors (Lipinski definition) is 1. The molecule has 0 amide bonds. The second-order valence-electron chi connectivity index (χ2n) is 3.63. The highest BCUT2D eigenvalue weighted by Gasteiger charge is 2.36. The van der Waals surface area contributed by atoms with Gasteiger partial charge >= 0.3 is 0 Å². The maximum absolute atomic E-state index is 5.74. The Kier molecular flexibility index (Phi) is 2.11. The zero-order chi connectivity index (χ0) is 8.44. The number of rotatable bonds is 3. The van der Waals surface area contributed by atoms with Crippen molar-refractivity contribution >= 4 is 11.7 Å². The molecule has 4 heteroatoms. The molecule has 1 aromatic heterocycles. The molecule has 1 heterocycles. The van der Waals surface area contributed by atoms with Gasteiger partial charge in [-0.05, 0) is 31.2 Å². The average molecular weight is 183 g/mol. The summed E-state index contributed by atoms with van der Waals surface area (Å²) < 4.78 is 8.19. The van der Waals surface area contributed by atoms with Crippen molar-refractivity contribution in [2.24, 2.45) is 11.1 Å². The monoisotopic (exact) mass is 183 g/mol. The molecule has 0 bridgehead atoms. The summed E-state index contributed by atoms with van der Waals surface area (Å²) in [7, 11) is 0. The molecule has 1 aliphatic rings. The van der Waals surface area contributed by atoms with E-state index >= 15 is 0 Å². The van der Waals surface area contributed by atoms with Gasteiger partial charge in [0.25, 0.3) is 0 Å². The van der Waals surface area contributed by atoms with Crippen molar-refractivity contribution < 1.29 is 0 Å². The van der Waals surface area contributed by atoms with E-state index in [-0.39, 0.29) is 0 Å². The van der Waals surface area contributed by atoms with Crippen molar-refractivity contribution in [3.8, 4) is 0 Å². The molecule has 66 valence electrons. The van der Waals surface area contributed by atoms with Crippen LogP contribution in [0.25, 0.3) is 0 Å². The first-order valence-corrected chi connectivity index (χ1v) is 5.04. The standard InChI is InChI=1S/C8H13N3S/c9-6-8(2-1-3-8)4-7-5-10-12-11-7/h5H,1-4,6,9H2. The third kappa shape index (κ3) is 1.36. The molecule has 0 aromatic carbocycles. The minimum Gasteiger partial charge on any atom is -0.330 e. The lowest BCUT2D eigenvalue weighted by atomic mass is 9.66.